The quantitative estimate of drug-likeness (QED) is 0.758. The molecule has 0 aromatic heterocycles. The molecule has 6 heteroatoms. The number of ether oxygens (including phenoxy) is 1. The van der Waals surface area contributed by atoms with E-state index in [-0.39, 0.29) is 24.9 Å². The number of rotatable bonds is 5. The van der Waals surface area contributed by atoms with Gasteiger partial charge >= 0.3 is 0 Å². The second-order valence-corrected chi connectivity index (χ2v) is 6.09. The zero-order valence-corrected chi connectivity index (χ0v) is 13.8. The van der Waals surface area contributed by atoms with Crippen LogP contribution in [0.1, 0.15) is 24.0 Å². The average molecular weight is 319 g/mol. The Labute approximate surface area is 136 Å². The molecular weight excluding hydrogens is 294 g/mol. The topological polar surface area (TPSA) is 93.5 Å². The van der Waals surface area contributed by atoms with E-state index in [1.807, 2.05) is 32.0 Å². The SMILES string of the molecule is Cc1cccc(C)c1NC(=O)CNC(=O)C1(CN)CCOCC1. The number of nitrogens with one attached hydrogen (secondary N) is 2. The summed E-state index contributed by atoms with van der Waals surface area (Å²) in [5.74, 6) is -0.407. The van der Waals surface area contributed by atoms with Gasteiger partial charge in [0.05, 0.1) is 12.0 Å². The smallest absolute Gasteiger partial charge is 0.243 e. The molecule has 4 N–H and O–H groups in total. The standard InChI is InChI=1S/C17H25N3O3/c1-12-4-3-5-13(2)15(12)20-14(21)10-19-16(22)17(11-18)6-8-23-9-7-17/h3-5H,6-11,18H2,1-2H3,(H,19,22)(H,20,21). The first-order valence-corrected chi connectivity index (χ1v) is 7.91. The summed E-state index contributed by atoms with van der Waals surface area (Å²) in [7, 11) is 0. The van der Waals surface area contributed by atoms with Crippen LogP contribution in [0.5, 0.6) is 0 Å². The Morgan fingerprint density at radius 1 is 1.22 bits per heavy atom. The van der Waals surface area contributed by atoms with E-state index in [1.54, 1.807) is 0 Å². The Kier molecular flexibility index (Phi) is 5.74. The number of carbonyl (C=O) groups excluding carboxylic acids is 2. The van der Waals surface area contributed by atoms with Gasteiger partial charge in [0.1, 0.15) is 0 Å². The van der Waals surface area contributed by atoms with Crippen molar-refractivity contribution in [1.82, 2.24) is 5.32 Å². The van der Waals surface area contributed by atoms with Crippen molar-refractivity contribution in [3.8, 4) is 0 Å². The molecule has 0 atom stereocenters. The van der Waals surface area contributed by atoms with Crippen molar-refractivity contribution >= 4 is 17.5 Å². The predicted octanol–water partition coefficient (Wildman–Crippen LogP) is 1.11. The molecule has 0 radical (unpaired) electrons. The van der Waals surface area contributed by atoms with Crippen LogP contribution < -0.4 is 16.4 Å². The summed E-state index contributed by atoms with van der Waals surface area (Å²) >= 11 is 0. The fourth-order valence-electron chi connectivity index (χ4n) is 2.83. The number of benzene rings is 1. The minimum Gasteiger partial charge on any atom is -0.381 e. The molecule has 0 saturated carbocycles. The van der Waals surface area contributed by atoms with E-state index in [1.165, 1.54) is 0 Å². The lowest BCUT2D eigenvalue weighted by molar-refractivity contribution is -0.137. The van der Waals surface area contributed by atoms with Crippen molar-refractivity contribution in [2.45, 2.75) is 26.7 Å². The third-order valence-corrected chi connectivity index (χ3v) is 4.48. The van der Waals surface area contributed by atoms with Crippen molar-refractivity contribution in [3.63, 3.8) is 0 Å². The first-order valence-electron chi connectivity index (χ1n) is 7.91. The highest BCUT2D eigenvalue weighted by molar-refractivity contribution is 5.96. The van der Waals surface area contributed by atoms with Gasteiger partial charge in [0.2, 0.25) is 11.8 Å². The van der Waals surface area contributed by atoms with E-state index in [4.69, 9.17) is 10.5 Å². The molecule has 1 fully saturated rings. The minimum atomic E-state index is -0.614. The predicted molar refractivity (Wildman–Crippen MR) is 89.1 cm³/mol. The van der Waals surface area contributed by atoms with Crippen molar-refractivity contribution < 1.29 is 14.3 Å². The maximum Gasteiger partial charge on any atom is 0.243 e. The number of para-hydroxylation sites is 1. The molecule has 0 bridgehead atoms. The summed E-state index contributed by atoms with van der Waals surface area (Å²) in [6, 6.07) is 5.82. The van der Waals surface area contributed by atoms with Gasteiger partial charge in [-0.15, -0.1) is 0 Å². The van der Waals surface area contributed by atoms with E-state index in [0.29, 0.717) is 26.1 Å². The molecule has 1 aliphatic heterocycles. The van der Waals surface area contributed by atoms with Gasteiger partial charge in [-0.3, -0.25) is 9.59 Å². The number of hydrogen-bond acceptors (Lipinski definition) is 4. The highest BCUT2D eigenvalue weighted by Crippen LogP contribution is 2.29. The van der Waals surface area contributed by atoms with Gasteiger partial charge in [-0.1, -0.05) is 18.2 Å². The van der Waals surface area contributed by atoms with Crippen LogP contribution in [0.25, 0.3) is 0 Å². The molecule has 23 heavy (non-hydrogen) atoms. The fourth-order valence-corrected chi connectivity index (χ4v) is 2.83. The Bertz CT molecular complexity index is 560. The lowest BCUT2D eigenvalue weighted by Crippen LogP contribution is -2.50. The van der Waals surface area contributed by atoms with Crippen molar-refractivity contribution in [2.24, 2.45) is 11.1 Å². The second kappa shape index (κ2) is 7.57. The van der Waals surface area contributed by atoms with Crippen LogP contribution in [-0.2, 0) is 14.3 Å². The molecule has 1 aromatic carbocycles. The van der Waals surface area contributed by atoms with E-state index in [9.17, 15) is 9.59 Å². The molecular formula is C17H25N3O3. The van der Waals surface area contributed by atoms with Gasteiger partial charge in [-0.05, 0) is 37.8 Å². The van der Waals surface area contributed by atoms with Gasteiger partial charge in [0.15, 0.2) is 0 Å². The van der Waals surface area contributed by atoms with Crippen LogP contribution in [0.3, 0.4) is 0 Å². The number of carbonyl (C=O) groups is 2. The summed E-state index contributed by atoms with van der Waals surface area (Å²) in [5.41, 5.74) is 7.96. The van der Waals surface area contributed by atoms with Crippen LogP contribution in [-0.4, -0.2) is 38.1 Å². The van der Waals surface area contributed by atoms with E-state index in [2.05, 4.69) is 10.6 Å². The summed E-state index contributed by atoms with van der Waals surface area (Å²) in [4.78, 5) is 24.5. The molecule has 0 aliphatic carbocycles. The Balaban J connectivity index is 1.92. The lowest BCUT2D eigenvalue weighted by Gasteiger charge is -2.34. The van der Waals surface area contributed by atoms with Gasteiger partial charge in [-0.25, -0.2) is 0 Å². The zero-order chi connectivity index (χ0) is 16.9. The highest BCUT2D eigenvalue weighted by atomic mass is 16.5. The summed E-state index contributed by atoms with van der Waals surface area (Å²) in [5, 5.41) is 5.57. The van der Waals surface area contributed by atoms with E-state index in [0.717, 1.165) is 16.8 Å². The minimum absolute atomic E-state index is 0.0603. The fraction of sp³-hybridized carbons (Fsp3) is 0.529. The molecule has 1 aliphatic rings. The molecule has 0 unspecified atom stereocenters. The second-order valence-electron chi connectivity index (χ2n) is 6.09. The number of hydrogen-bond donors (Lipinski definition) is 3. The Morgan fingerprint density at radius 3 is 2.39 bits per heavy atom. The maximum absolute atomic E-state index is 12.4. The number of aryl methyl sites for hydroxylation is 2. The molecule has 0 spiro atoms. The molecule has 6 nitrogen and oxygen atoms in total. The molecule has 1 aromatic rings. The van der Waals surface area contributed by atoms with Gasteiger partial charge in [0.25, 0.3) is 0 Å². The van der Waals surface area contributed by atoms with Crippen LogP contribution in [0.15, 0.2) is 18.2 Å². The van der Waals surface area contributed by atoms with Crippen LogP contribution in [0.2, 0.25) is 0 Å². The summed E-state index contributed by atoms with van der Waals surface area (Å²) in [6.45, 7) is 5.13. The summed E-state index contributed by atoms with van der Waals surface area (Å²) < 4.78 is 5.29. The molecule has 1 heterocycles. The Hall–Kier alpha value is -1.92. The monoisotopic (exact) mass is 319 g/mol. The molecule has 2 amide bonds. The maximum atomic E-state index is 12.4. The molecule has 1 saturated heterocycles. The molecule has 126 valence electrons. The average Bonchev–Trinajstić information content (AvgIpc) is 2.56. The van der Waals surface area contributed by atoms with Crippen LogP contribution >= 0.6 is 0 Å². The third-order valence-electron chi connectivity index (χ3n) is 4.48. The van der Waals surface area contributed by atoms with Crippen molar-refractivity contribution in [2.75, 3.05) is 31.6 Å². The van der Waals surface area contributed by atoms with E-state index < -0.39 is 5.41 Å². The van der Waals surface area contributed by atoms with Crippen molar-refractivity contribution in [1.29, 1.82) is 0 Å². The summed E-state index contributed by atoms with van der Waals surface area (Å²) in [6.07, 6.45) is 1.18. The lowest BCUT2D eigenvalue weighted by atomic mass is 9.79. The highest BCUT2D eigenvalue weighted by Gasteiger charge is 2.38. The first kappa shape index (κ1) is 17.4. The first-order chi connectivity index (χ1) is 11.0. The normalized spacial score (nSPS) is 16.7. The zero-order valence-electron chi connectivity index (χ0n) is 13.8. The largest absolute Gasteiger partial charge is 0.381 e. The van der Waals surface area contributed by atoms with Gasteiger partial charge < -0.3 is 21.1 Å². The van der Waals surface area contributed by atoms with Crippen molar-refractivity contribution in [3.05, 3.63) is 29.3 Å². The van der Waals surface area contributed by atoms with Crippen LogP contribution in [0.4, 0.5) is 5.69 Å². The number of nitrogens with two attached hydrogens (primary N) is 1. The van der Waals surface area contributed by atoms with Gasteiger partial charge in [-0.2, -0.15) is 0 Å². The van der Waals surface area contributed by atoms with Crippen LogP contribution in [0, 0.1) is 19.3 Å². The molecule has 2 rings (SSSR count). The number of anilines is 1. The van der Waals surface area contributed by atoms with E-state index >= 15 is 0 Å². The van der Waals surface area contributed by atoms with Gasteiger partial charge in [0, 0.05) is 25.4 Å². The third kappa shape index (κ3) is 4.09. The Morgan fingerprint density at radius 2 is 1.83 bits per heavy atom. The number of amides is 2.